The van der Waals surface area contributed by atoms with Gasteiger partial charge in [-0.1, -0.05) is 18.2 Å². The Morgan fingerprint density at radius 1 is 1.22 bits per heavy atom. The minimum absolute atomic E-state index is 0.277. The number of ether oxygens (including phenoxy) is 2. The van der Waals surface area contributed by atoms with Crippen molar-refractivity contribution in [2.45, 2.75) is 49.9 Å². The summed E-state index contributed by atoms with van der Waals surface area (Å²) < 4.78 is 11.8. The van der Waals surface area contributed by atoms with E-state index in [-0.39, 0.29) is 6.61 Å². The average Bonchev–Trinajstić information content (AvgIpc) is 2.89. The van der Waals surface area contributed by atoms with Crippen LogP contribution in [0.3, 0.4) is 0 Å². The van der Waals surface area contributed by atoms with Crippen molar-refractivity contribution in [2.75, 3.05) is 6.61 Å². The fraction of sp³-hybridized carbons (Fsp3) is 0.600. The number of unbranched alkanes of at least 4 members (excludes halogenated alkanes) is 1. The molecule has 2 unspecified atom stereocenters. The van der Waals surface area contributed by atoms with E-state index in [9.17, 15) is 0 Å². The molecule has 1 aliphatic carbocycles. The molecule has 4 rings (SSSR count). The minimum atomic E-state index is 0.277. The Balaban J connectivity index is 1.60. The van der Waals surface area contributed by atoms with Gasteiger partial charge in [0, 0.05) is 18.6 Å². The maximum atomic E-state index is 8.86. The summed E-state index contributed by atoms with van der Waals surface area (Å²) in [5, 5.41) is 8.86. The van der Waals surface area contributed by atoms with Gasteiger partial charge < -0.3 is 14.6 Å². The number of fused-ring (bicyclic) bond motifs is 5. The van der Waals surface area contributed by atoms with E-state index in [0.717, 1.165) is 31.4 Å². The zero-order valence-corrected chi connectivity index (χ0v) is 10.3. The molecule has 1 saturated heterocycles. The lowest BCUT2D eigenvalue weighted by molar-refractivity contribution is 0.156. The number of benzene rings is 1. The maximum Gasteiger partial charge on any atom is 0.126 e. The van der Waals surface area contributed by atoms with Gasteiger partial charge in [0.2, 0.25) is 0 Å². The van der Waals surface area contributed by atoms with Crippen LogP contribution in [0, 0.1) is 0 Å². The van der Waals surface area contributed by atoms with Crippen LogP contribution in [0.4, 0.5) is 0 Å². The third-order valence-corrected chi connectivity index (χ3v) is 4.45. The van der Waals surface area contributed by atoms with Crippen molar-refractivity contribution in [3.8, 4) is 5.75 Å². The van der Waals surface area contributed by atoms with Gasteiger partial charge >= 0.3 is 0 Å². The smallest absolute Gasteiger partial charge is 0.126 e. The van der Waals surface area contributed by atoms with Gasteiger partial charge in [0.25, 0.3) is 0 Å². The highest BCUT2D eigenvalue weighted by molar-refractivity contribution is 5.50. The average molecular weight is 246 g/mol. The lowest BCUT2D eigenvalue weighted by Crippen LogP contribution is -2.17. The standard InChI is InChI=1S/C15H18O3/c16-7-2-1-4-9-5-3-6-10-13-11(17-14(9)10)8-12-15(13)18-12/h3,5-6,11-13,15-16H,1-2,4,7-8H2/t11?,12-,13?,15-/m1/s1. The second-order valence-corrected chi connectivity index (χ2v) is 5.57. The molecule has 18 heavy (non-hydrogen) atoms. The van der Waals surface area contributed by atoms with Crippen LogP contribution >= 0.6 is 0 Å². The first-order chi connectivity index (χ1) is 8.88. The Kier molecular flexibility index (Phi) is 2.39. The molecule has 3 heteroatoms. The first kappa shape index (κ1) is 10.8. The van der Waals surface area contributed by atoms with Crippen molar-refractivity contribution in [3.63, 3.8) is 0 Å². The normalized spacial score (nSPS) is 34.7. The summed E-state index contributed by atoms with van der Waals surface area (Å²) in [6.07, 6.45) is 5.18. The molecule has 2 heterocycles. The van der Waals surface area contributed by atoms with E-state index in [0.29, 0.717) is 24.2 Å². The van der Waals surface area contributed by atoms with E-state index in [1.165, 1.54) is 11.1 Å². The van der Waals surface area contributed by atoms with E-state index < -0.39 is 0 Å². The molecule has 4 atom stereocenters. The molecule has 1 aromatic rings. The molecule has 3 nitrogen and oxygen atoms in total. The van der Waals surface area contributed by atoms with E-state index in [1.54, 1.807) is 0 Å². The van der Waals surface area contributed by atoms with Gasteiger partial charge in [0.15, 0.2) is 0 Å². The van der Waals surface area contributed by atoms with Crippen LogP contribution in [0.15, 0.2) is 18.2 Å². The quantitative estimate of drug-likeness (QED) is 0.653. The number of hydrogen-bond donors (Lipinski definition) is 1. The molecule has 96 valence electrons. The third kappa shape index (κ3) is 1.50. The lowest BCUT2D eigenvalue weighted by atomic mass is 9.94. The van der Waals surface area contributed by atoms with Crippen molar-refractivity contribution in [1.29, 1.82) is 0 Å². The van der Waals surface area contributed by atoms with Crippen LogP contribution in [-0.2, 0) is 11.2 Å². The predicted molar refractivity (Wildman–Crippen MR) is 66.9 cm³/mol. The van der Waals surface area contributed by atoms with Crippen molar-refractivity contribution in [1.82, 2.24) is 0 Å². The number of aliphatic hydroxyl groups is 1. The largest absolute Gasteiger partial charge is 0.489 e. The van der Waals surface area contributed by atoms with E-state index in [4.69, 9.17) is 14.6 Å². The van der Waals surface area contributed by atoms with Crippen molar-refractivity contribution < 1.29 is 14.6 Å². The summed E-state index contributed by atoms with van der Waals surface area (Å²) >= 11 is 0. The Hall–Kier alpha value is -1.06. The highest BCUT2D eigenvalue weighted by atomic mass is 16.6. The molecular formula is C15H18O3. The molecule has 2 fully saturated rings. The van der Waals surface area contributed by atoms with Gasteiger partial charge in [0.1, 0.15) is 11.9 Å². The Labute approximate surface area is 107 Å². The molecule has 2 aliphatic heterocycles. The fourth-order valence-corrected chi connectivity index (χ4v) is 3.53. The van der Waals surface area contributed by atoms with Crippen LogP contribution < -0.4 is 4.74 Å². The SMILES string of the molecule is OCCCCc1cccc2c1OC1C[C@H]3O[C@H]3C21. The monoisotopic (exact) mass is 246 g/mol. The number of epoxide rings is 1. The molecule has 1 N–H and O–H groups in total. The highest BCUT2D eigenvalue weighted by Gasteiger charge is 2.60. The zero-order chi connectivity index (χ0) is 12.1. The Morgan fingerprint density at radius 3 is 3.06 bits per heavy atom. The van der Waals surface area contributed by atoms with Crippen molar-refractivity contribution in [3.05, 3.63) is 29.3 Å². The van der Waals surface area contributed by atoms with Crippen LogP contribution in [0.5, 0.6) is 5.75 Å². The summed E-state index contributed by atoms with van der Waals surface area (Å²) in [5.41, 5.74) is 2.65. The van der Waals surface area contributed by atoms with Gasteiger partial charge in [-0.15, -0.1) is 0 Å². The van der Waals surface area contributed by atoms with Crippen molar-refractivity contribution >= 4 is 0 Å². The summed E-state index contributed by atoms with van der Waals surface area (Å²) in [5.74, 6) is 1.59. The van der Waals surface area contributed by atoms with Gasteiger partial charge in [-0.2, -0.15) is 0 Å². The summed E-state index contributed by atoms with van der Waals surface area (Å²) in [4.78, 5) is 0. The number of aliphatic hydroxyl groups excluding tert-OH is 1. The highest BCUT2D eigenvalue weighted by Crippen LogP contribution is 2.56. The molecule has 1 saturated carbocycles. The summed E-state index contributed by atoms with van der Waals surface area (Å²) in [6.45, 7) is 0.277. The molecule has 3 aliphatic rings. The Bertz CT molecular complexity index is 471. The number of aryl methyl sites for hydroxylation is 1. The van der Waals surface area contributed by atoms with Gasteiger partial charge in [-0.25, -0.2) is 0 Å². The van der Waals surface area contributed by atoms with Crippen LogP contribution in [0.2, 0.25) is 0 Å². The number of hydrogen-bond acceptors (Lipinski definition) is 3. The van der Waals surface area contributed by atoms with Crippen LogP contribution in [-0.4, -0.2) is 30.0 Å². The second kappa shape index (κ2) is 3.97. The predicted octanol–water partition coefficient (Wildman–Crippen LogP) is 2.02. The molecule has 0 bridgehead atoms. The van der Waals surface area contributed by atoms with Crippen molar-refractivity contribution in [2.24, 2.45) is 0 Å². The molecule has 0 aromatic heterocycles. The topological polar surface area (TPSA) is 42.0 Å². The lowest BCUT2D eigenvalue weighted by Gasteiger charge is -2.11. The van der Waals surface area contributed by atoms with E-state index >= 15 is 0 Å². The zero-order valence-electron chi connectivity index (χ0n) is 10.3. The first-order valence-corrected chi connectivity index (χ1v) is 6.93. The molecule has 1 aromatic carbocycles. The minimum Gasteiger partial charge on any atom is -0.489 e. The summed E-state index contributed by atoms with van der Waals surface area (Å²) in [6, 6.07) is 6.48. The molecule has 0 amide bonds. The van der Waals surface area contributed by atoms with E-state index in [1.807, 2.05) is 0 Å². The molecule has 0 radical (unpaired) electrons. The van der Waals surface area contributed by atoms with Gasteiger partial charge in [0.05, 0.1) is 18.1 Å². The second-order valence-electron chi connectivity index (χ2n) is 5.57. The van der Waals surface area contributed by atoms with Gasteiger partial charge in [-0.05, 0) is 24.8 Å². The van der Waals surface area contributed by atoms with Crippen LogP contribution in [0.25, 0.3) is 0 Å². The van der Waals surface area contributed by atoms with Crippen LogP contribution in [0.1, 0.15) is 36.3 Å². The van der Waals surface area contributed by atoms with Gasteiger partial charge in [-0.3, -0.25) is 0 Å². The molecule has 0 spiro atoms. The van der Waals surface area contributed by atoms with E-state index in [2.05, 4.69) is 18.2 Å². The first-order valence-electron chi connectivity index (χ1n) is 6.93. The fourth-order valence-electron chi connectivity index (χ4n) is 3.53. The Morgan fingerprint density at radius 2 is 2.17 bits per heavy atom. The number of para-hydroxylation sites is 1. The third-order valence-electron chi connectivity index (χ3n) is 4.45. The summed E-state index contributed by atoms with van der Waals surface area (Å²) in [7, 11) is 0. The number of rotatable bonds is 4. The molecular weight excluding hydrogens is 228 g/mol. The maximum absolute atomic E-state index is 8.86.